The average molecular weight is 201 g/mol. The lowest BCUT2D eigenvalue weighted by Gasteiger charge is -2.16. The van der Waals surface area contributed by atoms with E-state index in [2.05, 4.69) is 4.98 Å². The number of benzene rings is 1. The number of aromatic nitrogens is 1. The summed E-state index contributed by atoms with van der Waals surface area (Å²) in [5, 5.41) is 12.2. The van der Waals surface area contributed by atoms with E-state index >= 15 is 0 Å². The zero-order valence-electron chi connectivity index (χ0n) is 9.01. The van der Waals surface area contributed by atoms with Gasteiger partial charge in [-0.1, -0.05) is 32.0 Å². The third-order valence-electron chi connectivity index (χ3n) is 2.66. The average Bonchev–Trinajstić information content (AvgIpc) is 2.27. The van der Waals surface area contributed by atoms with E-state index in [1.54, 1.807) is 6.20 Å². The molecule has 2 nitrogen and oxygen atoms in total. The molecule has 0 spiro atoms. The van der Waals surface area contributed by atoms with Gasteiger partial charge in [-0.15, -0.1) is 0 Å². The predicted molar refractivity (Wildman–Crippen MR) is 61.5 cm³/mol. The molecular formula is C13H15NO. The van der Waals surface area contributed by atoms with Crippen LogP contribution in [0.4, 0.5) is 0 Å². The summed E-state index contributed by atoms with van der Waals surface area (Å²) in [5.41, 5.74) is 0.991. The number of aliphatic hydroxyl groups excluding tert-OH is 1. The SMILES string of the molecule is CC(C)C(O)c1cccc2cnccc12. The first-order valence-corrected chi connectivity index (χ1v) is 5.21. The van der Waals surface area contributed by atoms with E-state index in [0.717, 1.165) is 16.3 Å². The Balaban J connectivity index is 2.60. The highest BCUT2D eigenvalue weighted by Crippen LogP contribution is 2.27. The maximum atomic E-state index is 10.1. The van der Waals surface area contributed by atoms with Crippen molar-refractivity contribution in [1.29, 1.82) is 0 Å². The summed E-state index contributed by atoms with van der Waals surface area (Å²) in [6.07, 6.45) is 3.18. The van der Waals surface area contributed by atoms with Crippen molar-refractivity contribution in [3.8, 4) is 0 Å². The van der Waals surface area contributed by atoms with Crippen molar-refractivity contribution in [3.05, 3.63) is 42.2 Å². The number of pyridine rings is 1. The molecule has 1 atom stereocenters. The van der Waals surface area contributed by atoms with Gasteiger partial charge in [0.1, 0.15) is 0 Å². The molecule has 1 aromatic heterocycles. The fourth-order valence-corrected chi connectivity index (χ4v) is 1.76. The Morgan fingerprint density at radius 2 is 2.00 bits per heavy atom. The Bertz CT molecular complexity index is 460. The number of hydrogen-bond acceptors (Lipinski definition) is 2. The van der Waals surface area contributed by atoms with Gasteiger partial charge in [0.2, 0.25) is 0 Å². The number of rotatable bonds is 2. The molecule has 2 aromatic rings. The molecule has 0 saturated carbocycles. The second-order valence-corrected chi connectivity index (χ2v) is 4.13. The summed E-state index contributed by atoms with van der Waals surface area (Å²) in [4.78, 5) is 4.08. The highest BCUT2D eigenvalue weighted by Gasteiger charge is 2.14. The lowest BCUT2D eigenvalue weighted by Crippen LogP contribution is -2.05. The lowest BCUT2D eigenvalue weighted by atomic mass is 9.95. The molecule has 1 aromatic carbocycles. The number of aliphatic hydroxyl groups is 1. The van der Waals surface area contributed by atoms with E-state index in [0.29, 0.717) is 0 Å². The Hall–Kier alpha value is -1.41. The van der Waals surface area contributed by atoms with Crippen LogP contribution in [0.25, 0.3) is 10.8 Å². The fraction of sp³-hybridized carbons (Fsp3) is 0.308. The molecule has 0 aliphatic carbocycles. The van der Waals surface area contributed by atoms with Crippen molar-refractivity contribution in [3.63, 3.8) is 0 Å². The maximum Gasteiger partial charge on any atom is 0.0818 e. The highest BCUT2D eigenvalue weighted by atomic mass is 16.3. The Kier molecular flexibility index (Phi) is 2.69. The molecule has 0 fully saturated rings. The summed E-state index contributed by atoms with van der Waals surface area (Å²) < 4.78 is 0. The molecule has 0 radical (unpaired) electrons. The van der Waals surface area contributed by atoms with E-state index in [4.69, 9.17) is 0 Å². The summed E-state index contributed by atoms with van der Waals surface area (Å²) in [6, 6.07) is 7.91. The first kappa shape index (κ1) is 10.1. The molecule has 0 saturated heterocycles. The molecular weight excluding hydrogens is 186 g/mol. The smallest absolute Gasteiger partial charge is 0.0818 e. The normalized spacial score (nSPS) is 13.3. The molecule has 0 aliphatic rings. The molecule has 1 unspecified atom stereocenters. The molecule has 2 heteroatoms. The molecule has 78 valence electrons. The van der Waals surface area contributed by atoms with E-state index in [-0.39, 0.29) is 5.92 Å². The maximum absolute atomic E-state index is 10.1. The van der Waals surface area contributed by atoms with Crippen LogP contribution >= 0.6 is 0 Å². The standard InChI is InChI=1S/C13H15NO/c1-9(2)13(15)12-5-3-4-10-8-14-7-6-11(10)12/h3-9,13,15H,1-2H3. The van der Waals surface area contributed by atoms with E-state index in [1.807, 2.05) is 44.3 Å². The van der Waals surface area contributed by atoms with Crippen molar-refractivity contribution >= 4 is 10.8 Å². The van der Waals surface area contributed by atoms with E-state index in [1.165, 1.54) is 0 Å². The van der Waals surface area contributed by atoms with Gasteiger partial charge in [0.05, 0.1) is 6.10 Å². The topological polar surface area (TPSA) is 33.1 Å². The van der Waals surface area contributed by atoms with Crippen LogP contribution in [0.3, 0.4) is 0 Å². The van der Waals surface area contributed by atoms with Gasteiger partial charge in [-0.05, 0) is 22.9 Å². The number of fused-ring (bicyclic) bond motifs is 1. The summed E-state index contributed by atoms with van der Waals surface area (Å²) in [7, 11) is 0. The first-order chi connectivity index (χ1) is 7.20. The largest absolute Gasteiger partial charge is 0.388 e. The lowest BCUT2D eigenvalue weighted by molar-refractivity contribution is 0.128. The highest BCUT2D eigenvalue weighted by molar-refractivity contribution is 5.85. The molecule has 1 N–H and O–H groups in total. The van der Waals surface area contributed by atoms with Crippen LogP contribution in [0.15, 0.2) is 36.7 Å². The van der Waals surface area contributed by atoms with Crippen LogP contribution in [-0.2, 0) is 0 Å². The van der Waals surface area contributed by atoms with Crippen molar-refractivity contribution < 1.29 is 5.11 Å². The van der Waals surface area contributed by atoms with Crippen molar-refractivity contribution in [1.82, 2.24) is 4.98 Å². The predicted octanol–water partition coefficient (Wildman–Crippen LogP) is 2.92. The third-order valence-corrected chi connectivity index (χ3v) is 2.66. The van der Waals surface area contributed by atoms with Gasteiger partial charge >= 0.3 is 0 Å². The van der Waals surface area contributed by atoms with Gasteiger partial charge in [-0.2, -0.15) is 0 Å². The van der Waals surface area contributed by atoms with Crippen LogP contribution in [0.2, 0.25) is 0 Å². The minimum absolute atomic E-state index is 0.226. The van der Waals surface area contributed by atoms with Gasteiger partial charge in [-0.25, -0.2) is 0 Å². The van der Waals surface area contributed by atoms with Crippen LogP contribution in [-0.4, -0.2) is 10.1 Å². The molecule has 15 heavy (non-hydrogen) atoms. The third kappa shape index (κ3) is 1.85. The first-order valence-electron chi connectivity index (χ1n) is 5.21. The minimum Gasteiger partial charge on any atom is -0.388 e. The Morgan fingerprint density at radius 1 is 1.20 bits per heavy atom. The van der Waals surface area contributed by atoms with Gasteiger partial charge in [0, 0.05) is 17.8 Å². The Labute approximate surface area is 89.6 Å². The van der Waals surface area contributed by atoms with E-state index in [9.17, 15) is 5.11 Å². The fourth-order valence-electron chi connectivity index (χ4n) is 1.76. The van der Waals surface area contributed by atoms with Gasteiger partial charge < -0.3 is 5.11 Å². The molecule has 1 heterocycles. The second kappa shape index (κ2) is 3.99. The van der Waals surface area contributed by atoms with E-state index < -0.39 is 6.10 Å². The molecule has 2 rings (SSSR count). The zero-order valence-corrected chi connectivity index (χ0v) is 9.01. The van der Waals surface area contributed by atoms with Gasteiger partial charge in [0.15, 0.2) is 0 Å². The van der Waals surface area contributed by atoms with Crippen LogP contribution < -0.4 is 0 Å². The van der Waals surface area contributed by atoms with Gasteiger partial charge in [0.25, 0.3) is 0 Å². The van der Waals surface area contributed by atoms with Crippen molar-refractivity contribution in [2.45, 2.75) is 20.0 Å². The van der Waals surface area contributed by atoms with Crippen LogP contribution in [0, 0.1) is 5.92 Å². The molecule has 0 aliphatic heterocycles. The summed E-state index contributed by atoms with van der Waals surface area (Å²) >= 11 is 0. The summed E-state index contributed by atoms with van der Waals surface area (Å²) in [6.45, 7) is 4.04. The monoisotopic (exact) mass is 201 g/mol. The summed E-state index contributed by atoms with van der Waals surface area (Å²) in [5.74, 6) is 0.226. The molecule has 0 bridgehead atoms. The van der Waals surface area contributed by atoms with Crippen molar-refractivity contribution in [2.24, 2.45) is 5.92 Å². The van der Waals surface area contributed by atoms with Crippen LogP contribution in [0.5, 0.6) is 0 Å². The number of hydrogen-bond donors (Lipinski definition) is 1. The van der Waals surface area contributed by atoms with Crippen molar-refractivity contribution in [2.75, 3.05) is 0 Å². The second-order valence-electron chi connectivity index (χ2n) is 4.13. The minimum atomic E-state index is -0.406. The van der Waals surface area contributed by atoms with Gasteiger partial charge in [-0.3, -0.25) is 4.98 Å². The quantitative estimate of drug-likeness (QED) is 0.810. The molecule has 0 amide bonds. The van der Waals surface area contributed by atoms with Crippen LogP contribution in [0.1, 0.15) is 25.5 Å². The zero-order chi connectivity index (χ0) is 10.8. The number of nitrogens with zero attached hydrogens (tertiary/aromatic N) is 1. The Morgan fingerprint density at radius 3 is 2.73 bits per heavy atom.